The van der Waals surface area contributed by atoms with Crippen LogP contribution in [0.3, 0.4) is 0 Å². The minimum atomic E-state index is 0.529. The fourth-order valence-corrected chi connectivity index (χ4v) is 3.07. The maximum atomic E-state index is 5.53. The highest BCUT2D eigenvalue weighted by molar-refractivity contribution is 7.80. The van der Waals surface area contributed by atoms with Crippen LogP contribution in [0, 0.1) is 0 Å². The molecule has 0 unspecified atom stereocenters. The highest BCUT2D eigenvalue weighted by Gasteiger charge is 2.16. The molecular weight excluding hydrogens is 296 g/mol. The molecule has 0 radical (unpaired) electrons. The molecule has 1 N–H and O–H groups in total. The lowest BCUT2D eigenvalue weighted by Crippen LogP contribution is -2.43. The first-order valence-electron chi connectivity index (χ1n) is 7.86. The van der Waals surface area contributed by atoms with E-state index in [0.717, 1.165) is 22.2 Å². The van der Waals surface area contributed by atoms with E-state index in [1.807, 2.05) is 25.2 Å². The number of ether oxygens (including phenoxy) is 2. The van der Waals surface area contributed by atoms with Crippen LogP contribution in [0.15, 0.2) is 18.2 Å². The fourth-order valence-electron chi connectivity index (χ4n) is 2.84. The molecule has 4 nitrogen and oxygen atoms in total. The summed E-state index contributed by atoms with van der Waals surface area (Å²) in [5, 5.41) is 4.30. The van der Waals surface area contributed by atoms with Gasteiger partial charge in [-0.05, 0) is 37.2 Å². The first kappa shape index (κ1) is 16.9. The van der Waals surface area contributed by atoms with Crippen LogP contribution >= 0.6 is 12.2 Å². The third kappa shape index (κ3) is 4.50. The van der Waals surface area contributed by atoms with Crippen LogP contribution in [0.5, 0.6) is 11.5 Å². The van der Waals surface area contributed by atoms with Crippen LogP contribution in [0.25, 0.3) is 0 Å². The number of hydrogen-bond acceptors (Lipinski definition) is 3. The molecule has 0 amide bonds. The summed E-state index contributed by atoms with van der Waals surface area (Å²) in [6, 6.07) is 6.41. The SMILES string of the molecule is COc1ccc(CN(C)C(=S)NC2CCCCC2)c(OC)c1. The minimum Gasteiger partial charge on any atom is -0.497 e. The van der Waals surface area contributed by atoms with Crippen molar-refractivity contribution >= 4 is 17.3 Å². The Kier molecular flexibility index (Phi) is 6.31. The molecule has 1 fully saturated rings. The van der Waals surface area contributed by atoms with Gasteiger partial charge in [0.05, 0.1) is 14.2 Å². The minimum absolute atomic E-state index is 0.529. The number of methoxy groups -OCH3 is 2. The third-order valence-corrected chi connectivity index (χ3v) is 4.61. The maximum Gasteiger partial charge on any atom is 0.169 e. The lowest BCUT2D eigenvalue weighted by molar-refractivity contribution is 0.376. The molecule has 0 bridgehead atoms. The Labute approximate surface area is 138 Å². The molecule has 0 heterocycles. The van der Waals surface area contributed by atoms with E-state index in [-0.39, 0.29) is 0 Å². The summed E-state index contributed by atoms with van der Waals surface area (Å²) in [4.78, 5) is 2.06. The second-order valence-corrected chi connectivity index (χ2v) is 6.20. The standard InChI is InChI=1S/C17H26N2O2S/c1-19(17(22)18-14-7-5-4-6-8-14)12-13-9-10-15(20-2)11-16(13)21-3/h9-11,14H,4-8,12H2,1-3H3,(H,18,22). The first-order valence-corrected chi connectivity index (χ1v) is 8.27. The van der Waals surface area contributed by atoms with Gasteiger partial charge in [-0.2, -0.15) is 0 Å². The maximum absolute atomic E-state index is 5.53. The van der Waals surface area contributed by atoms with E-state index in [0.29, 0.717) is 12.6 Å². The van der Waals surface area contributed by atoms with Gasteiger partial charge in [0.2, 0.25) is 0 Å². The molecule has 0 saturated heterocycles. The Bertz CT molecular complexity index is 501. The van der Waals surface area contributed by atoms with Gasteiger partial charge >= 0.3 is 0 Å². The van der Waals surface area contributed by atoms with E-state index in [1.165, 1.54) is 32.1 Å². The van der Waals surface area contributed by atoms with Crippen molar-refractivity contribution in [3.05, 3.63) is 23.8 Å². The van der Waals surface area contributed by atoms with Gasteiger partial charge in [0.15, 0.2) is 5.11 Å². The molecule has 1 aromatic carbocycles. The molecule has 5 heteroatoms. The highest BCUT2D eigenvalue weighted by atomic mass is 32.1. The van der Waals surface area contributed by atoms with E-state index in [1.54, 1.807) is 14.2 Å². The van der Waals surface area contributed by atoms with E-state index >= 15 is 0 Å². The first-order chi connectivity index (χ1) is 10.6. The number of benzene rings is 1. The van der Waals surface area contributed by atoms with Gasteiger partial charge in [-0.3, -0.25) is 0 Å². The summed E-state index contributed by atoms with van der Waals surface area (Å²) in [6.45, 7) is 0.714. The average molecular weight is 322 g/mol. The van der Waals surface area contributed by atoms with Gasteiger partial charge < -0.3 is 19.7 Å². The van der Waals surface area contributed by atoms with Gasteiger partial charge in [-0.15, -0.1) is 0 Å². The molecule has 1 aliphatic carbocycles. The quantitative estimate of drug-likeness (QED) is 0.841. The van der Waals surface area contributed by atoms with Gasteiger partial charge in [0.1, 0.15) is 11.5 Å². The van der Waals surface area contributed by atoms with Crippen LogP contribution in [-0.4, -0.2) is 37.3 Å². The molecule has 1 saturated carbocycles. The molecule has 2 rings (SSSR count). The monoisotopic (exact) mass is 322 g/mol. The summed E-state index contributed by atoms with van der Waals surface area (Å²) in [5.41, 5.74) is 1.10. The van der Waals surface area contributed by atoms with Crippen molar-refractivity contribution in [2.24, 2.45) is 0 Å². The van der Waals surface area contributed by atoms with Gasteiger partial charge in [0, 0.05) is 31.3 Å². The van der Waals surface area contributed by atoms with E-state index in [2.05, 4.69) is 10.2 Å². The Hall–Kier alpha value is -1.49. The van der Waals surface area contributed by atoms with Crippen molar-refractivity contribution in [1.29, 1.82) is 0 Å². The van der Waals surface area contributed by atoms with Crippen LogP contribution in [0.1, 0.15) is 37.7 Å². The fraction of sp³-hybridized carbons (Fsp3) is 0.588. The number of hydrogen-bond donors (Lipinski definition) is 1. The predicted molar refractivity (Wildman–Crippen MR) is 93.6 cm³/mol. The Morgan fingerprint density at radius 2 is 1.95 bits per heavy atom. The van der Waals surface area contributed by atoms with Crippen molar-refractivity contribution in [3.63, 3.8) is 0 Å². The third-order valence-electron chi connectivity index (χ3n) is 4.18. The van der Waals surface area contributed by atoms with E-state index in [4.69, 9.17) is 21.7 Å². The Morgan fingerprint density at radius 1 is 1.23 bits per heavy atom. The summed E-state index contributed by atoms with van der Waals surface area (Å²) < 4.78 is 10.7. The molecular formula is C17H26N2O2S. The Balaban J connectivity index is 1.95. The average Bonchev–Trinajstić information content (AvgIpc) is 2.56. The van der Waals surface area contributed by atoms with Gasteiger partial charge in [0.25, 0.3) is 0 Å². The number of nitrogens with zero attached hydrogens (tertiary/aromatic N) is 1. The summed E-state index contributed by atoms with van der Waals surface area (Å²) in [6.07, 6.45) is 6.40. The van der Waals surface area contributed by atoms with Crippen molar-refractivity contribution in [2.45, 2.75) is 44.7 Å². The zero-order valence-electron chi connectivity index (χ0n) is 13.7. The van der Waals surface area contributed by atoms with Crippen LogP contribution in [0.2, 0.25) is 0 Å². The largest absolute Gasteiger partial charge is 0.497 e. The smallest absolute Gasteiger partial charge is 0.169 e. The molecule has 0 atom stereocenters. The number of thiocarbonyl (C=S) groups is 1. The zero-order chi connectivity index (χ0) is 15.9. The molecule has 122 valence electrons. The van der Waals surface area contributed by atoms with Crippen molar-refractivity contribution in [1.82, 2.24) is 10.2 Å². The summed E-state index contributed by atoms with van der Waals surface area (Å²) in [7, 11) is 5.35. The summed E-state index contributed by atoms with van der Waals surface area (Å²) in [5.74, 6) is 1.62. The molecule has 0 aliphatic heterocycles. The second kappa shape index (κ2) is 8.22. The van der Waals surface area contributed by atoms with Crippen molar-refractivity contribution < 1.29 is 9.47 Å². The Morgan fingerprint density at radius 3 is 2.59 bits per heavy atom. The van der Waals surface area contributed by atoms with E-state index in [9.17, 15) is 0 Å². The second-order valence-electron chi connectivity index (χ2n) is 5.82. The highest BCUT2D eigenvalue weighted by Crippen LogP contribution is 2.25. The predicted octanol–water partition coefficient (Wildman–Crippen LogP) is 3.34. The topological polar surface area (TPSA) is 33.7 Å². The molecule has 0 spiro atoms. The van der Waals surface area contributed by atoms with Crippen LogP contribution in [0.4, 0.5) is 0 Å². The molecule has 1 aromatic rings. The van der Waals surface area contributed by atoms with Gasteiger partial charge in [-0.25, -0.2) is 0 Å². The molecule has 22 heavy (non-hydrogen) atoms. The van der Waals surface area contributed by atoms with Crippen LogP contribution in [-0.2, 0) is 6.54 Å². The zero-order valence-corrected chi connectivity index (χ0v) is 14.5. The summed E-state index contributed by atoms with van der Waals surface area (Å²) >= 11 is 5.53. The number of nitrogens with one attached hydrogen (secondary N) is 1. The number of rotatable bonds is 5. The lowest BCUT2D eigenvalue weighted by atomic mass is 9.96. The normalized spacial score (nSPS) is 15.2. The lowest BCUT2D eigenvalue weighted by Gasteiger charge is -2.28. The van der Waals surface area contributed by atoms with Gasteiger partial charge in [-0.1, -0.05) is 19.3 Å². The van der Waals surface area contributed by atoms with Crippen LogP contribution < -0.4 is 14.8 Å². The molecule has 0 aromatic heterocycles. The van der Waals surface area contributed by atoms with E-state index < -0.39 is 0 Å². The van der Waals surface area contributed by atoms with Crippen molar-refractivity contribution in [3.8, 4) is 11.5 Å². The van der Waals surface area contributed by atoms with Crippen molar-refractivity contribution in [2.75, 3.05) is 21.3 Å². The molecule has 1 aliphatic rings.